The van der Waals surface area contributed by atoms with Crippen molar-refractivity contribution in [3.63, 3.8) is 0 Å². The van der Waals surface area contributed by atoms with Crippen LogP contribution in [0.3, 0.4) is 0 Å². The number of anilines is 1. The molecule has 2 N–H and O–H groups in total. The lowest BCUT2D eigenvalue weighted by Gasteiger charge is -2.36. The molecule has 1 aliphatic rings. The predicted octanol–water partition coefficient (Wildman–Crippen LogP) is 3.35. The van der Waals surface area contributed by atoms with Gasteiger partial charge in [0.15, 0.2) is 0 Å². The SMILES string of the molecule is CCOCc1cccc(NC(=O)N2CCc3ccccc3C2CO)c1. The molecule has 0 radical (unpaired) electrons. The molecule has 2 aromatic rings. The Morgan fingerprint density at radius 3 is 2.92 bits per heavy atom. The van der Waals surface area contributed by atoms with E-state index in [1.54, 1.807) is 4.90 Å². The van der Waals surface area contributed by atoms with Crippen molar-refractivity contribution in [2.24, 2.45) is 0 Å². The van der Waals surface area contributed by atoms with Crippen molar-refractivity contribution in [1.82, 2.24) is 4.90 Å². The van der Waals surface area contributed by atoms with Crippen LogP contribution in [0, 0.1) is 0 Å². The van der Waals surface area contributed by atoms with Crippen LogP contribution in [0.25, 0.3) is 0 Å². The number of benzene rings is 2. The van der Waals surface area contributed by atoms with Gasteiger partial charge in [0.25, 0.3) is 0 Å². The van der Waals surface area contributed by atoms with E-state index in [9.17, 15) is 9.90 Å². The molecule has 0 bridgehead atoms. The molecule has 0 aliphatic carbocycles. The Hall–Kier alpha value is -2.37. The first-order valence-corrected chi connectivity index (χ1v) is 8.66. The summed E-state index contributed by atoms with van der Waals surface area (Å²) in [6.07, 6.45) is 0.796. The number of amides is 2. The Morgan fingerprint density at radius 1 is 1.28 bits per heavy atom. The normalized spacial score (nSPS) is 16.4. The number of carbonyl (C=O) groups excluding carboxylic acids is 1. The van der Waals surface area contributed by atoms with E-state index in [4.69, 9.17) is 4.74 Å². The van der Waals surface area contributed by atoms with Gasteiger partial charge >= 0.3 is 6.03 Å². The molecular formula is C20H24N2O3. The van der Waals surface area contributed by atoms with Gasteiger partial charge in [-0.2, -0.15) is 0 Å². The number of aliphatic hydroxyl groups is 1. The number of nitrogens with one attached hydrogen (secondary N) is 1. The lowest BCUT2D eigenvalue weighted by molar-refractivity contribution is 0.134. The van der Waals surface area contributed by atoms with Crippen molar-refractivity contribution in [2.45, 2.75) is 26.0 Å². The minimum Gasteiger partial charge on any atom is -0.394 e. The second kappa shape index (κ2) is 8.14. The van der Waals surface area contributed by atoms with Crippen LogP contribution in [-0.2, 0) is 17.8 Å². The van der Waals surface area contributed by atoms with Gasteiger partial charge in [-0.25, -0.2) is 4.79 Å². The highest BCUT2D eigenvalue weighted by atomic mass is 16.5. The fourth-order valence-corrected chi connectivity index (χ4v) is 3.25. The third-order valence-electron chi connectivity index (χ3n) is 4.50. The lowest BCUT2D eigenvalue weighted by Crippen LogP contribution is -2.43. The van der Waals surface area contributed by atoms with Gasteiger partial charge in [-0.15, -0.1) is 0 Å². The maximum absolute atomic E-state index is 12.7. The molecule has 1 atom stereocenters. The summed E-state index contributed by atoms with van der Waals surface area (Å²) < 4.78 is 5.41. The number of ether oxygens (including phenoxy) is 1. The van der Waals surface area contributed by atoms with E-state index >= 15 is 0 Å². The standard InChI is InChI=1S/C20H24N2O3/c1-2-25-14-15-6-5-8-17(12-15)21-20(24)22-11-10-16-7-3-4-9-18(16)19(22)13-23/h3-9,12,19,23H,2,10-11,13-14H2,1H3,(H,21,24). The highest BCUT2D eigenvalue weighted by molar-refractivity contribution is 5.90. The average molecular weight is 340 g/mol. The van der Waals surface area contributed by atoms with Crippen molar-refractivity contribution in [1.29, 1.82) is 0 Å². The zero-order valence-electron chi connectivity index (χ0n) is 14.4. The van der Waals surface area contributed by atoms with Crippen LogP contribution in [-0.4, -0.2) is 35.8 Å². The van der Waals surface area contributed by atoms with Gasteiger partial charge in [0.2, 0.25) is 0 Å². The summed E-state index contributed by atoms with van der Waals surface area (Å²) in [5.74, 6) is 0. The smallest absolute Gasteiger partial charge is 0.322 e. The molecule has 0 spiro atoms. The van der Waals surface area contributed by atoms with Crippen LogP contribution >= 0.6 is 0 Å². The first kappa shape index (κ1) is 17.5. The van der Waals surface area contributed by atoms with Crippen molar-refractivity contribution in [3.05, 3.63) is 65.2 Å². The van der Waals surface area contributed by atoms with Gasteiger partial charge in [0, 0.05) is 18.8 Å². The molecular weight excluding hydrogens is 316 g/mol. The molecule has 3 rings (SSSR count). The van der Waals surface area contributed by atoms with Crippen LogP contribution < -0.4 is 5.32 Å². The van der Waals surface area contributed by atoms with Crippen LogP contribution in [0.15, 0.2) is 48.5 Å². The summed E-state index contributed by atoms with van der Waals surface area (Å²) in [6.45, 7) is 3.63. The molecule has 2 amide bonds. The van der Waals surface area contributed by atoms with Gasteiger partial charge in [-0.1, -0.05) is 36.4 Å². The van der Waals surface area contributed by atoms with E-state index in [0.717, 1.165) is 23.2 Å². The molecule has 5 heteroatoms. The number of urea groups is 1. The fourth-order valence-electron chi connectivity index (χ4n) is 3.25. The second-order valence-corrected chi connectivity index (χ2v) is 6.11. The molecule has 1 aliphatic heterocycles. The van der Waals surface area contributed by atoms with Gasteiger partial charge < -0.3 is 20.1 Å². The zero-order chi connectivity index (χ0) is 17.6. The van der Waals surface area contributed by atoms with Crippen LogP contribution in [0.1, 0.15) is 29.7 Å². The summed E-state index contributed by atoms with van der Waals surface area (Å²) in [6, 6.07) is 15.1. The van der Waals surface area contributed by atoms with Gasteiger partial charge in [0.1, 0.15) is 0 Å². The van der Waals surface area contributed by atoms with E-state index in [2.05, 4.69) is 11.4 Å². The Labute approximate surface area is 148 Å². The van der Waals surface area contributed by atoms with E-state index in [0.29, 0.717) is 19.8 Å². The minimum absolute atomic E-state index is 0.0885. The van der Waals surface area contributed by atoms with Crippen molar-refractivity contribution in [3.8, 4) is 0 Å². The second-order valence-electron chi connectivity index (χ2n) is 6.11. The van der Waals surface area contributed by atoms with Crippen LogP contribution in [0.5, 0.6) is 0 Å². The molecule has 5 nitrogen and oxygen atoms in total. The molecule has 0 fully saturated rings. The highest BCUT2D eigenvalue weighted by Gasteiger charge is 2.30. The number of hydrogen-bond acceptors (Lipinski definition) is 3. The van der Waals surface area contributed by atoms with Crippen molar-refractivity contribution >= 4 is 11.7 Å². The van der Waals surface area contributed by atoms with Crippen molar-refractivity contribution < 1.29 is 14.6 Å². The monoisotopic (exact) mass is 340 g/mol. The number of rotatable bonds is 5. The Kier molecular flexibility index (Phi) is 5.68. The summed E-state index contributed by atoms with van der Waals surface area (Å²) in [5.41, 5.74) is 3.97. The third kappa shape index (κ3) is 4.00. The summed E-state index contributed by atoms with van der Waals surface area (Å²) in [7, 11) is 0. The van der Waals surface area contributed by atoms with Crippen LogP contribution in [0.2, 0.25) is 0 Å². The average Bonchev–Trinajstić information content (AvgIpc) is 2.65. The van der Waals surface area contributed by atoms with E-state index in [-0.39, 0.29) is 18.7 Å². The molecule has 25 heavy (non-hydrogen) atoms. The number of aliphatic hydroxyl groups excluding tert-OH is 1. The summed E-state index contributed by atoms with van der Waals surface area (Å²) in [4.78, 5) is 14.5. The van der Waals surface area contributed by atoms with Gasteiger partial charge in [-0.3, -0.25) is 0 Å². The topological polar surface area (TPSA) is 61.8 Å². The largest absolute Gasteiger partial charge is 0.394 e. The first-order valence-electron chi connectivity index (χ1n) is 8.66. The summed E-state index contributed by atoms with van der Waals surface area (Å²) in [5, 5.41) is 12.8. The molecule has 0 saturated heterocycles. The molecule has 2 aromatic carbocycles. The fraction of sp³-hybridized carbons (Fsp3) is 0.350. The zero-order valence-corrected chi connectivity index (χ0v) is 14.4. The minimum atomic E-state index is -0.309. The molecule has 1 heterocycles. The third-order valence-corrected chi connectivity index (χ3v) is 4.50. The number of carbonyl (C=O) groups is 1. The number of hydrogen-bond donors (Lipinski definition) is 2. The molecule has 0 aromatic heterocycles. The maximum Gasteiger partial charge on any atom is 0.322 e. The Morgan fingerprint density at radius 2 is 2.12 bits per heavy atom. The van der Waals surface area contributed by atoms with Gasteiger partial charge in [-0.05, 0) is 42.2 Å². The van der Waals surface area contributed by atoms with Gasteiger partial charge in [0.05, 0.1) is 19.3 Å². The Bertz CT molecular complexity index is 732. The predicted molar refractivity (Wildman–Crippen MR) is 97.5 cm³/mol. The molecule has 132 valence electrons. The first-order chi connectivity index (χ1) is 12.2. The lowest BCUT2D eigenvalue weighted by atomic mass is 9.93. The number of fused-ring (bicyclic) bond motifs is 1. The summed E-state index contributed by atoms with van der Waals surface area (Å²) >= 11 is 0. The number of nitrogens with zero attached hydrogens (tertiary/aromatic N) is 1. The van der Waals surface area contributed by atoms with E-state index in [1.807, 2.05) is 49.4 Å². The van der Waals surface area contributed by atoms with Crippen LogP contribution in [0.4, 0.5) is 10.5 Å². The van der Waals surface area contributed by atoms with E-state index in [1.165, 1.54) is 5.56 Å². The van der Waals surface area contributed by atoms with E-state index < -0.39 is 0 Å². The molecule has 1 unspecified atom stereocenters. The highest BCUT2D eigenvalue weighted by Crippen LogP contribution is 2.29. The molecule has 0 saturated carbocycles. The Balaban J connectivity index is 1.73. The quantitative estimate of drug-likeness (QED) is 0.877. The maximum atomic E-state index is 12.7. The van der Waals surface area contributed by atoms with Crippen molar-refractivity contribution in [2.75, 3.05) is 25.1 Å².